The van der Waals surface area contributed by atoms with Crippen molar-refractivity contribution in [1.29, 1.82) is 0 Å². The van der Waals surface area contributed by atoms with E-state index in [9.17, 15) is 0 Å². The summed E-state index contributed by atoms with van der Waals surface area (Å²) in [5.74, 6) is 0.937. The summed E-state index contributed by atoms with van der Waals surface area (Å²) in [6.45, 7) is 5.27. The molecule has 1 aromatic carbocycles. The van der Waals surface area contributed by atoms with Crippen molar-refractivity contribution in [2.75, 3.05) is 13.7 Å². The van der Waals surface area contributed by atoms with Crippen LogP contribution in [0, 0.1) is 6.92 Å². The van der Waals surface area contributed by atoms with Crippen LogP contribution in [-0.2, 0) is 0 Å². The van der Waals surface area contributed by atoms with Crippen LogP contribution in [0.2, 0.25) is 0 Å². The molecular weight excluding hydrogens is 334 g/mol. The molecule has 20 heavy (non-hydrogen) atoms. The number of hydrogen-bond acceptors (Lipinski definition) is 3. The molecule has 0 saturated carbocycles. The molecule has 0 radical (unpaired) electrons. The van der Waals surface area contributed by atoms with Gasteiger partial charge >= 0.3 is 0 Å². The molecule has 0 aliphatic heterocycles. The average Bonchev–Trinajstić information content (AvgIpc) is 2.86. The Kier molecular flexibility index (Phi) is 5.64. The Hall–Kier alpha value is -0.840. The van der Waals surface area contributed by atoms with Crippen LogP contribution in [-0.4, -0.2) is 13.7 Å². The maximum atomic E-state index is 5.35. The number of hydrogen-bond donors (Lipinski definition) is 1. The molecule has 0 fully saturated rings. The molecule has 108 valence electrons. The van der Waals surface area contributed by atoms with E-state index in [1.165, 1.54) is 21.2 Å². The van der Waals surface area contributed by atoms with Crippen LogP contribution < -0.4 is 10.1 Å². The van der Waals surface area contributed by atoms with Crippen molar-refractivity contribution in [3.63, 3.8) is 0 Å². The quantitative estimate of drug-likeness (QED) is 0.795. The SMILES string of the molecule is CCCNC(c1ccc(OC)c(C)c1)c1cscc1Br. The van der Waals surface area contributed by atoms with Crippen LogP contribution in [0.1, 0.15) is 36.1 Å². The summed E-state index contributed by atoms with van der Waals surface area (Å²) in [5.41, 5.74) is 3.74. The van der Waals surface area contributed by atoms with E-state index in [-0.39, 0.29) is 6.04 Å². The molecule has 2 nitrogen and oxygen atoms in total. The Balaban J connectivity index is 2.36. The zero-order chi connectivity index (χ0) is 14.5. The summed E-state index contributed by atoms with van der Waals surface area (Å²) >= 11 is 5.37. The van der Waals surface area contributed by atoms with E-state index < -0.39 is 0 Å². The van der Waals surface area contributed by atoms with Crippen molar-refractivity contribution in [1.82, 2.24) is 5.32 Å². The molecule has 2 aromatic rings. The lowest BCUT2D eigenvalue weighted by molar-refractivity contribution is 0.411. The molecule has 0 spiro atoms. The van der Waals surface area contributed by atoms with Crippen molar-refractivity contribution in [2.24, 2.45) is 0 Å². The van der Waals surface area contributed by atoms with Gasteiger partial charge in [0.2, 0.25) is 0 Å². The second kappa shape index (κ2) is 7.25. The van der Waals surface area contributed by atoms with Crippen molar-refractivity contribution in [3.8, 4) is 5.75 Å². The second-order valence-corrected chi connectivity index (χ2v) is 6.39. The number of rotatable bonds is 6. The van der Waals surface area contributed by atoms with E-state index in [1.807, 2.05) is 6.07 Å². The average molecular weight is 354 g/mol. The van der Waals surface area contributed by atoms with Gasteiger partial charge in [0.1, 0.15) is 5.75 Å². The number of ether oxygens (including phenoxy) is 1. The first-order valence-corrected chi connectivity index (χ1v) is 8.50. The van der Waals surface area contributed by atoms with Crippen LogP contribution >= 0.6 is 27.3 Å². The Bertz CT molecular complexity index is 567. The molecule has 1 aromatic heterocycles. The molecule has 1 unspecified atom stereocenters. The minimum Gasteiger partial charge on any atom is -0.496 e. The third kappa shape index (κ3) is 3.43. The Morgan fingerprint density at radius 2 is 2.15 bits per heavy atom. The summed E-state index contributed by atoms with van der Waals surface area (Å²) in [4.78, 5) is 0. The third-order valence-electron chi connectivity index (χ3n) is 3.30. The molecule has 0 aliphatic rings. The molecule has 1 atom stereocenters. The van der Waals surface area contributed by atoms with E-state index in [2.05, 4.69) is 58.0 Å². The van der Waals surface area contributed by atoms with E-state index in [1.54, 1.807) is 18.4 Å². The Morgan fingerprint density at radius 1 is 1.35 bits per heavy atom. The van der Waals surface area contributed by atoms with Crippen molar-refractivity contribution < 1.29 is 4.74 Å². The number of benzene rings is 1. The number of aryl methyl sites for hydroxylation is 1. The van der Waals surface area contributed by atoms with Crippen LogP contribution in [0.3, 0.4) is 0 Å². The molecule has 0 bridgehead atoms. The smallest absolute Gasteiger partial charge is 0.121 e. The molecule has 1 N–H and O–H groups in total. The van der Waals surface area contributed by atoms with E-state index >= 15 is 0 Å². The van der Waals surface area contributed by atoms with Gasteiger partial charge in [-0.25, -0.2) is 0 Å². The third-order valence-corrected chi connectivity index (χ3v) is 5.06. The zero-order valence-corrected chi connectivity index (χ0v) is 14.5. The van der Waals surface area contributed by atoms with Crippen LogP contribution in [0.5, 0.6) is 5.75 Å². The summed E-state index contributed by atoms with van der Waals surface area (Å²) in [6, 6.07) is 6.62. The molecule has 0 saturated heterocycles. The summed E-state index contributed by atoms with van der Waals surface area (Å²) in [6.07, 6.45) is 1.12. The number of thiophene rings is 1. The molecule has 1 heterocycles. The first kappa shape index (κ1) is 15.5. The van der Waals surface area contributed by atoms with E-state index in [0.29, 0.717) is 0 Å². The zero-order valence-electron chi connectivity index (χ0n) is 12.1. The van der Waals surface area contributed by atoms with Gasteiger partial charge in [0.15, 0.2) is 0 Å². The van der Waals surface area contributed by atoms with E-state index in [0.717, 1.165) is 18.7 Å². The minimum atomic E-state index is 0.222. The number of nitrogens with one attached hydrogen (secondary N) is 1. The maximum absolute atomic E-state index is 5.35. The normalized spacial score (nSPS) is 12.4. The lowest BCUT2D eigenvalue weighted by Crippen LogP contribution is -2.23. The summed E-state index contributed by atoms with van der Waals surface area (Å²) in [7, 11) is 1.71. The lowest BCUT2D eigenvalue weighted by atomic mass is 9.99. The summed E-state index contributed by atoms with van der Waals surface area (Å²) < 4.78 is 6.52. The fourth-order valence-electron chi connectivity index (χ4n) is 2.27. The molecule has 0 amide bonds. The highest BCUT2D eigenvalue weighted by molar-refractivity contribution is 9.10. The molecule has 2 rings (SSSR count). The monoisotopic (exact) mass is 353 g/mol. The highest BCUT2D eigenvalue weighted by atomic mass is 79.9. The molecular formula is C16H20BrNOS. The van der Waals surface area contributed by atoms with Gasteiger partial charge in [-0.3, -0.25) is 0 Å². The summed E-state index contributed by atoms with van der Waals surface area (Å²) in [5, 5.41) is 7.97. The van der Waals surface area contributed by atoms with Gasteiger partial charge in [0.05, 0.1) is 13.2 Å². The largest absolute Gasteiger partial charge is 0.496 e. The van der Waals surface area contributed by atoms with Crippen molar-refractivity contribution >= 4 is 27.3 Å². The standard InChI is InChI=1S/C16H20BrNOS/c1-4-7-18-16(13-9-20-10-14(13)17)12-5-6-15(19-3)11(2)8-12/h5-6,8-10,16,18H,4,7H2,1-3H3. The van der Waals surface area contributed by atoms with E-state index in [4.69, 9.17) is 4.74 Å². The van der Waals surface area contributed by atoms with Gasteiger partial charge in [-0.2, -0.15) is 11.3 Å². The van der Waals surface area contributed by atoms with Crippen molar-refractivity contribution in [2.45, 2.75) is 26.3 Å². The van der Waals surface area contributed by atoms with Gasteiger partial charge in [-0.05, 0) is 64.0 Å². The van der Waals surface area contributed by atoms with Crippen LogP contribution in [0.15, 0.2) is 33.4 Å². The second-order valence-electron chi connectivity index (χ2n) is 4.79. The maximum Gasteiger partial charge on any atom is 0.121 e. The predicted molar refractivity (Wildman–Crippen MR) is 89.9 cm³/mol. The fourth-order valence-corrected chi connectivity index (χ4v) is 3.83. The Labute approximate surface area is 133 Å². The highest BCUT2D eigenvalue weighted by Gasteiger charge is 2.17. The lowest BCUT2D eigenvalue weighted by Gasteiger charge is -2.20. The van der Waals surface area contributed by atoms with Gasteiger partial charge in [0.25, 0.3) is 0 Å². The molecule has 4 heteroatoms. The van der Waals surface area contributed by atoms with Gasteiger partial charge < -0.3 is 10.1 Å². The predicted octanol–water partition coefficient (Wildman–Crippen LogP) is 4.92. The van der Waals surface area contributed by atoms with Gasteiger partial charge in [-0.1, -0.05) is 19.1 Å². The fraction of sp³-hybridized carbons (Fsp3) is 0.375. The van der Waals surface area contributed by atoms with Crippen molar-refractivity contribution in [3.05, 3.63) is 50.1 Å². The van der Waals surface area contributed by atoms with Crippen LogP contribution in [0.25, 0.3) is 0 Å². The molecule has 0 aliphatic carbocycles. The number of methoxy groups -OCH3 is 1. The van der Waals surface area contributed by atoms with Crippen LogP contribution in [0.4, 0.5) is 0 Å². The highest BCUT2D eigenvalue weighted by Crippen LogP contribution is 2.33. The number of halogens is 1. The topological polar surface area (TPSA) is 21.3 Å². The Morgan fingerprint density at radius 3 is 2.70 bits per heavy atom. The minimum absolute atomic E-state index is 0.222. The van der Waals surface area contributed by atoms with Gasteiger partial charge in [-0.15, -0.1) is 0 Å². The van der Waals surface area contributed by atoms with Gasteiger partial charge in [0, 0.05) is 9.85 Å². The first-order chi connectivity index (χ1) is 9.67. The first-order valence-electron chi connectivity index (χ1n) is 6.76.